The predicted molar refractivity (Wildman–Crippen MR) is 75.0 cm³/mol. The van der Waals surface area contributed by atoms with E-state index < -0.39 is 6.10 Å². The summed E-state index contributed by atoms with van der Waals surface area (Å²) in [4.78, 5) is 15.7. The van der Waals surface area contributed by atoms with Gasteiger partial charge in [-0.25, -0.2) is 9.78 Å². The van der Waals surface area contributed by atoms with Crippen molar-refractivity contribution in [2.24, 2.45) is 0 Å². The molecule has 0 saturated carbocycles. The molecule has 0 spiro atoms. The van der Waals surface area contributed by atoms with Crippen LogP contribution in [0.25, 0.3) is 0 Å². The lowest BCUT2D eigenvalue weighted by atomic mass is 10.2. The van der Waals surface area contributed by atoms with Gasteiger partial charge in [0, 0.05) is 11.9 Å². The molecule has 3 N–H and O–H groups in total. The molecule has 0 fully saturated rings. The zero-order valence-corrected chi connectivity index (χ0v) is 11.3. The minimum Gasteiger partial charge on any atom is -0.387 e. The minimum absolute atomic E-state index is 0.310. The van der Waals surface area contributed by atoms with Gasteiger partial charge in [0.1, 0.15) is 0 Å². The van der Waals surface area contributed by atoms with Crippen molar-refractivity contribution in [1.82, 2.24) is 10.3 Å². The monoisotopic (exact) mass is 277 g/mol. The second-order valence-electron chi connectivity index (χ2n) is 4.05. The molecule has 2 amide bonds. The molecule has 1 aromatic carbocycles. The first-order valence-electron chi connectivity index (χ1n) is 5.87. The summed E-state index contributed by atoms with van der Waals surface area (Å²) in [6, 6.07) is 9.34. The molecule has 1 aromatic heterocycles. The molecule has 19 heavy (non-hydrogen) atoms. The van der Waals surface area contributed by atoms with Gasteiger partial charge < -0.3 is 10.4 Å². The number of rotatable bonds is 4. The average Bonchev–Trinajstić information content (AvgIpc) is 2.86. The second-order valence-corrected chi connectivity index (χ2v) is 4.90. The van der Waals surface area contributed by atoms with Crippen molar-refractivity contribution in [3.05, 3.63) is 47.0 Å². The van der Waals surface area contributed by atoms with Gasteiger partial charge in [-0.1, -0.05) is 30.3 Å². The third-order valence-corrected chi connectivity index (χ3v) is 3.24. The number of carbonyl (C=O) groups excluding carboxylic acids is 1. The lowest BCUT2D eigenvalue weighted by molar-refractivity contribution is 0.195. The summed E-state index contributed by atoms with van der Waals surface area (Å²) in [6.45, 7) is 2.09. The number of hydrogen-bond donors (Lipinski definition) is 3. The van der Waals surface area contributed by atoms with E-state index in [4.69, 9.17) is 0 Å². The molecule has 1 unspecified atom stereocenters. The molecule has 1 atom stereocenters. The molecule has 0 radical (unpaired) electrons. The van der Waals surface area contributed by atoms with E-state index >= 15 is 0 Å². The summed E-state index contributed by atoms with van der Waals surface area (Å²) in [6.07, 6.45) is -0.626. The van der Waals surface area contributed by atoms with Crippen LogP contribution in [0.2, 0.25) is 0 Å². The smallest absolute Gasteiger partial charge is 0.321 e. The minimum atomic E-state index is -0.626. The third kappa shape index (κ3) is 4.04. The number of urea groups is 1. The maximum Gasteiger partial charge on any atom is 0.321 e. The van der Waals surface area contributed by atoms with Crippen molar-refractivity contribution >= 4 is 22.5 Å². The summed E-state index contributed by atoms with van der Waals surface area (Å²) >= 11 is 1.28. The van der Waals surface area contributed by atoms with Gasteiger partial charge in [0.25, 0.3) is 0 Å². The van der Waals surface area contributed by atoms with Crippen LogP contribution >= 0.6 is 11.3 Å². The molecule has 0 aliphatic heterocycles. The van der Waals surface area contributed by atoms with E-state index in [1.807, 2.05) is 30.3 Å². The molecule has 0 saturated heterocycles. The quantitative estimate of drug-likeness (QED) is 0.804. The van der Waals surface area contributed by atoms with Crippen molar-refractivity contribution in [1.29, 1.82) is 0 Å². The summed E-state index contributed by atoms with van der Waals surface area (Å²) in [5, 5.41) is 16.9. The highest BCUT2D eigenvalue weighted by molar-refractivity contribution is 7.13. The molecule has 2 rings (SSSR count). The highest BCUT2D eigenvalue weighted by Gasteiger charge is 2.09. The maximum atomic E-state index is 11.6. The van der Waals surface area contributed by atoms with Crippen LogP contribution < -0.4 is 10.6 Å². The normalized spacial score (nSPS) is 11.9. The highest BCUT2D eigenvalue weighted by Crippen LogP contribution is 2.19. The first kappa shape index (κ1) is 13.5. The Morgan fingerprint density at radius 2 is 2.16 bits per heavy atom. The summed E-state index contributed by atoms with van der Waals surface area (Å²) in [7, 11) is 0. The number of aliphatic hydroxyl groups is 1. The molecule has 0 aliphatic rings. The number of carbonyl (C=O) groups is 1. The fraction of sp³-hybridized carbons (Fsp3) is 0.231. The highest BCUT2D eigenvalue weighted by atomic mass is 32.1. The van der Waals surface area contributed by atoms with Gasteiger partial charge in [-0.15, -0.1) is 11.3 Å². The number of nitrogens with one attached hydrogen (secondary N) is 2. The van der Waals surface area contributed by atoms with Crippen LogP contribution in [0, 0.1) is 0 Å². The van der Waals surface area contributed by atoms with E-state index in [1.54, 1.807) is 12.3 Å². The number of hydrogen-bond acceptors (Lipinski definition) is 4. The maximum absolute atomic E-state index is 11.6. The molecule has 5 nitrogen and oxygen atoms in total. The van der Waals surface area contributed by atoms with Gasteiger partial charge in [0.15, 0.2) is 5.13 Å². The van der Waals surface area contributed by atoms with Crippen LogP contribution in [0.15, 0.2) is 35.7 Å². The molecule has 1 heterocycles. The van der Waals surface area contributed by atoms with Crippen LogP contribution in [-0.2, 0) is 6.54 Å². The molecule has 6 heteroatoms. The average molecular weight is 277 g/mol. The Bertz CT molecular complexity index is 540. The Balaban J connectivity index is 1.84. The van der Waals surface area contributed by atoms with Crippen molar-refractivity contribution < 1.29 is 9.90 Å². The Kier molecular flexibility index (Phi) is 4.48. The first-order chi connectivity index (χ1) is 9.15. The Hall–Kier alpha value is -1.92. The fourth-order valence-corrected chi connectivity index (χ4v) is 2.25. The summed E-state index contributed by atoms with van der Waals surface area (Å²) in [5.74, 6) is 0. The number of amides is 2. The molecule has 2 aromatic rings. The zero-order chi connectivity index (χ0) is 13.7. The lowest BCUT2D eigenvalue weighted by Gasteiger charge is -2.05. The summed E-state index contributed by atoms with van der Waals surface area (Å²) < 4.78 is 0. The van der Waals surface area contributed by atoms with Gasteiger partial charge in [0.2, 0.25) is 0 Å². The molecular formula is C13H15N3O2S. The zero-order valence-electron chi connectivity index (χ0n) is 10.5. The van der Waals surface area contributed by atoms with Crippen LogP contribution in [0.4, 0.5) is 9.93 Å². The van der Waals surface area contributed by atoms with E-state index in [1.165, 1.54) is 11.3 Å². The van der Waals surface area contributed by atoms with E-state index in [-0.39, 0.29) is 6.03 Å². The van der Waals surface area contributed by atoms with Gasteiger partial charge in [-0.3, -0.25) is 5.32 Å². The van der Waals surface area contributed by atoms with Gasteiger partial charge in [-0.2, -0.15) is 0 Å². The van der Waals surface area contributed by atoms with Gasteiger partial charge in [0.05, 0.1) is 11.8 Å². The molecule has 0 bridgehead atoms. The first-order valence-corrected chi connectivity index (χ1v) is 6.75. The topological polar surface area (TPSA) is 74.2 Å². The predicted octanol–water partition coefficient (Wildman–Crippen LogP) is 2.52. The number of anilines is 1. The summed E-state index contributed by atoms with van der Waals surface area (Å²) in [5.41, 5.74) is 1.59. The van der Waals surface area contributed by atoms with Crippen molar-refractivity contribution in [3.8, 4) is 0 Å². The van der Waals surface area contributed by atoms with Crippen molar-refractivity contribution in [2.45, 2.75) is 19.6 Å². The van der Waals surface area contributed by atoms with Crippen LogP contribution in [0.3, 0.4) is 0 Å². The molecule has 0 aliphatic carbocycles. The Labute approximate surface area is 115 Å². The number of benzene rings is 1. The van der Waals surface area contributed by atoms with Crippen LogP contribution in [0.5, 0.6) is 0 Å². The van der Waals surface area contributed by atoms with E-state index in [9.17, 15) is 9.90 Å². The third-order valence-electron chi connectivity index (χ3n) is 2.47. The van der Waals surface area contributed by atoms with Crippen molar-refractivity contribution in [2.75, 3.05) is 5.32 Å². The van der Waals surface area contributed by atoms with E-state index in [0.29, 0.717) is 17.4 Å². The Morgan fingerprint density at radius 3 is 2.79 bits per heavy atom. The number of thiazole rings is 1. The number of aliphatic hydroxyl groups excluding tert-OH is 1. The molecule has 100 valence electrons. The van der Waals surface area contributed by atoms with Gasteiger partial charge in [-0.05, 0) is 12.5 Å². The van der Waals surface area contributed by atoms with E-state index in [0.717, 1.165) is 5.56 Å². The van der Waals surface area contributed by atoms with Crippen LogP contribution in [0.1, 0.15) is 24.3 Å². The largest absolute Gasteiger partial charge is 0.387 e. The standard InChI is InChI=1S/C13H15N3O2S/c1-9(17)11-8-19-13(15-11)16-12(18)14-7-10-5-3-2-4-6-10/h2-6,8-9,17H,7H2,1H3,(H2,14,15,16,18). The lowest BCUT2D eigenvalue weighted by Crippen LogP contribution is -2.28. The number of aromatic nitrogens is 1. The van der Waals surface area contributed by atoms with Crippen molar-refractivity contribution in [3.63, 3.8) is 0 Å². The Morgan fingerprint density at radius 1 is 1.42 bits per heavy atom. The SMILES string of the molecule is CC(O)c1csc(NC(=O)NCc2ccccc2)n1. The van der Waals surface area contributed by atoms with Crippen LogP contribution in [-0.4, -0.2) is 16.1 Å². The fourth-order valence-electron chi connectivity index (χ4n) is 1.45. The van der Waals surface area contributed by atoms with E-state index in [2.05, 4.69) is 15.6 Å². The van der Waals surface area contributed by atoms with Gasteiger partial charge >= 0.3 is 6.03 Å². The second kappa shape index (κ2) is 6.31. The number of nitrogens with zero attached hydrogens (tertiary/aromatic N) is 1. The molecular weight excluding hydrogens is 262 g/mol.